The maximum atomic E-state index is 11.2. The second-order valence-corrected chi connectivity index (χ2v) is 6.95. The van der Waals surface area contributed by atoms with Crippen LogP contribution < -0.4 is 5.32 Å². The summed E-state index contributed by atoms with van der Waals surface area (Å²) in [5, 5.41) is 2.62. The van der Waals surface area contributed by atoms with Gasteiger partial charge in [-0.15, -0.1) is 0 Å². The van der Waals surface area contributed by atoms with Crippen LogP contribution in [0, 0.1) is 5.92 Å². The van der Waals surface area contributed by atoms with Crippen LogP contribution in [0.5, 0.6) is 0 Å². The van der Waals surface area contributed by atoms with Crippen LogP contribution in [0.25, 0.3) is 0 Å². The van der Waals surface area contributed by atoms with E-state index in [1.807, 2.05) is 0 Å². The molecule has 2 heteroatoms. The van der Waals surface area contributed by atoms with Gasteiger partial charge in [-0.3, -0.25) is 4.79 Å². The van der Waals surface area contributed by atoms with Gasteiger partial charge in [0, 0.05) is 6.42 Å². The smallest absolute Gasteiger partial charge is 0.223 e. The Bertz CT molecular complexity index is 260. The normalized spacial score (nSPS) is 10.9. The molecule has 0 aromatic rings. The first-order valence-electron chi connectivity index (χ1n) is 9.57. The van der Waals surface area contributed by atoms with E-state index in [4.69, 9.17) is 0 Å². The van der Waals surface area contributed by atoms with Gasteiger partial charge in [0.2, 0.25) is 5.91 Å². The number of carbonyl (C=O) groups is 1. The number of unbranched alkanes of at least 4 members (excludes halogenated alkanes) is 11. The van der Waals surface area contributed by atoms with Crippen molar-refractivity contribution in [2.45, 2.75) is 104 Å². The fourth-order valence-electron chi connectivity index (χ4n) is 2.79. The number of hydrogen-bond donors (Lipinski definition) is 1. The van der Waals surface area contributed by atoms with Gasteiger partial charge in [0.25, 0.3) is 0 Å². The largest absolute Gasteiger partial charge is 0.333 e. The lowest BCUT2D eigenvalue weighted by Crippen LogP contribution is -2.15. The molecule has 0 aromatic heterocycles. The van der Waals surface area contributed by atoms with E-state index >= 15 is 0 Å². The Labute approximate surface area is 139 Å². The fourth-order valence-corrected chi connectivity index (χ4v) is 2.79. The number of amides is 1. The molecule has 0 saturated heterocycles. The lowest BCUT2D eigenvalue weighted by atomic mass is 10.0. The van der Waals surface area contributed by atoms with E-state index in [1.165, 1.54) is 83.2 Å². The third kappa shape index (κ3) is 17.3. The Morgan fingerprint density at radius 3 is 1.64 bits per heavy atom. The van der Waals surface area contributed by atoms with E-state index in [2.05, 4.69) is 25.7 Å². The molecule has 0 aliphatic rings. The zero-order valence-electron chi connectivity index (χ0n) is 15.2. The van der Waals surface area contributed by atoms with E-state index in [1.54, 1.807) is 0 Å². The van der Waals surface area contributed by atoms with Gasteiger partial charge in [0.05, 0.1) is 0 Å². The molecule has 0 saturated carbocycles. The number of nitrogens with one attached hydrogen (secondary N) is 1. The predicted molar refractivity (Wildman–Crippen MR) is 97.8 cm³/mol. The Hall–Kier alpha value is -0.790. The molecule has 0 spiro atoms. The molecular weight excluding hydrogens is 270 g/mol. The minimum Gasteiger partial charge on any atom is -0.333 e. The zero-order chi connectivity index (χ0) is 16.5. The van der Waals surface area contributed by atoms with Crippen molar-refractivity contribution in [2.24, 2.45) is 5.92 Å². The molecule has 0 aromatic carbocycles. The molecule has 22 heavy (non-hydrogen) atoms. The van der Waals surface area contributed by atoms with Gasteiger partial charge in [0.1, 0.15) is 0 Å². The van der Waals surface area contributed by atoms with Crippen LogP contribution in [0.15, 0.2) is 12.8 Å². The van der Waals surface area contributed by atoms with Gasteiger partial charge < -0.3 is 5.32 Å². The average Bonchev–Trinajstić information content (AvgIpc) is 2.47. The van der Waals surface area contributed by atoms with Gasteiger partial charge in [-0.05, 0) is 18.5 Å². The molecular formula is C20H39NO. The quantitative estimate of drug-likeness (QED) is 0.330. The summed E-state index contributed by atoms with van der Waals surface area (Å²) in [6, 6.07) is 0. The average molecular weight is 310 g/mol. The third-order valence-electron chi connectivity index (χ3n) is 4.20. The van der Waals surface area contributed by atoms with E-state index < -0.39 is 0 Å². The van der Waals surface area contributed by atoms with Gasteiger partial charge in [-0.25, -0.2) is 0 Å². The molecule has 0 unspecified atom stereocenters. The number of hydrogen-bond acceptors (Lipinski definition) is 1. The Kier molecular flexibility index (Phi) is 16.0. The minimum absolute atomic E-state index is 0.100. The summed E-state index contributed by atoms with van der Waals surface area (Å²) < 4.78 is 0. The zero-order valence-corrected chi connectivity index (χ0v) is 15.2. The highest BCUT2D eigenvalue weighted by Gasteiger charge is 1.98. The molecule has 0 atom stereocenters. The summed E-state index contributed by atoms with van der Waals surface area (Å²) in [6.07, 6.45) is 19.6. The number of carbonyl (C=O) groups excluding carboxylic acids is 1. The van der Waals surface area contributed by atoms with Crippen LogP contribution >= 0.6 is 0 Å². The fraction of sp³-hybridized carbons (Fsp3) is 0.850. The maximum absolute atomic E-state index is 11.2. The highest BCUT2D eigenvalue weighted by molar-refractivity contribution is 5.76. The number of rotatable bonds is 16. The van der Waals surface area contributed by atoms with Crippen LogP contribution in [0.2, 0.25) is 0 Å². The molecule has 130 valence electrons. The molecule has 1 amide bonds. The van der Waals surface area contributed by atoms with Crippen molar-refractivity contribution in [3.63, 3.8) is 0 Å². The highest BCUT2D eigenvalue weighted by Crippen LogP contribution is 2.14. The van der Waals surface area contributed by atoms with Gasteiger partial charge in [0.15, 0.2) is 0 Å². The van der Waals surface area contributed by atoms with Crippen LogP contribution in [0.1, 0.15) is 104 Å². The van der Waals surface area contributed by atoms with E-state index in [0.29, 0.717) is 6.42 Å². The summed E-state index contributed by atoms with van der Waals surface area (Å²) in [4.78, 5) is 11.2. The first kappa shape index (κ1) is 21.2. The molecule has 2 nitrogen and oxygen atoms in total. The third-order valence-corrected chi connectivity index (χ3v) is 4.20. The van der Waals surface area contributed by atoms with E-state index in [0.717, 1.165) is 12.3 Å². The summed E-state index contributed by atoms with van der Waals surface area (Å²) in [5.74, 6) is 0.972. The van der Waals surface area contributed by atoms with Crippen molar-refractivity contribution in [1.82, 2.24) is 5.32 Å². The minimum atomic E-state index is 0.100. The van der Waals surface area contributed by atoms with Crippen LogP contribution in [0.3, 0.4) is 0 Å². The van der Waals surface area contributed by atoms with E-state index in [9.17, 15) is 4.79 Å². The molecule has 0 radical (unpaired) electrons. The van der Waals surface area contributed by atoms with E-state index in [-0.39, 0.29) is 5.91 Å². The summed E-state index contributed by atoms with van der Waals surface area (Å²) >= 11 is 0. The Morgan fingerprint density at radius 2 is 1.23 bits per heavy atom. The molecule has 0 aliphatic heterocycles. The molecule has 1 N–H and O–H groups in total. The van der Waals surface area contributed by atoms with Crippen LogP contribution in [-0.4, -0.2) is 5.91 Å². The summed E-state index contributed by atoms with van der Waals surface area (Å²) in [7, 11) is 0. The van der Waals surface area contributed by atoms with Gasteiger partial charge >= 0.3 is 0 Å². The molecule has 0 heterocycles. The van der Waals surface area contributed by atoms with Crippen molar-refractivity contribution < 1.29 is 4.79 Å². The van der Waals surface area contributed by atoms with Crippen molar-refractivity contribution in [3.05, 3.63) is 12.8 Å². The standard InChI is InChI=1S/C20H39NO/c1-4-21-20(22)18-16-14-12-10-8-6-5-7-9-11-13-15-17-19(2)3/h4,19H,1,5-18H2,2-3H3,(H,21,22). The van der Waals surface area contributed by atoms with Crippen molar-refractivity contribution >= 4 is 5.91 Å². The lowest BCUT2D eigenvalue weighted by Gasteiger charge is -2.05. The monoisotopic (exact) mass is 309 g/mol. The summed E-state index contributed by atoms with van der Waals surface area (Å²) in [5.41, 5.74) is 0. The Balaban J connectivity index is 3.05. The predicted octanol–water partition coefficient (Wildman–Crippen LogP) is 6.36. The second kappa shape index (κ2) is 16.6. The SMILES string of the molecule is C=CNC(=O)CCCCCCCCCCCCCCC(C)C. The first-order chi connectivity index (χ1) is 10.7. The first-order valence-corrected chi connectivity index (χ1v) is 9.57. The molecule has 0 aliphatic carbocycles. The topological polar surface area (TPSA) is 29.1 Å². The summed E-state index contributed by atoms with van der Waals surface area (Å²) in [6.45, 7) is 8.12. The molecule has 0 rings (SSSR count). The van der Waals surface area contributed by atoms with Gasteiger partial charge in [-0.2, -0.15) is 0 Å². The van der Waals surface area contributed by atoms with Crippen molar-refractivity contribution in [3.8, 4) is 0 Å². The van der Waals surface area contributed by atoms with Crippen LogP contribution in [0.4, 0.5) is 0 Å². The second-order valence-electron chi connectivity index (χ2n) is 6.95. The maximum Gasteiger partial charge on any atom is 0.223 e. The van der Waals surface area contributed by atoms with Crippen molar-refractivity contribution in [2.75, 3.05) is 0 Å². The van der Waals surface area contributed by atoms with Crippen molar-refractivity contribution in [1.29, 1.82) is 0 Å². The molecule has 0 fully saturated rings. The molecule has 0 bridgehead atoms. The Morgan fingerprint density at radius 1 is 0.818 bits per heavy atom. The lowest BCUT2D eigenvalue weighted by molar-refractivity contribution is -0.120. The van der Waals surface area contributed by atoms with Crippen LogP contribution in [-0.2, 0) is 4.79 Å². The highest BCUT2D eigenvalue weighted by atomic mass is 16.1. The van der Waals surface area contributed by atoms with Gasteiger partial charge in [-0.1, -0.05) is 97.5 Å².